The fourth-order valence-electron chi connectivity index (χ4n) is 2.68. The van der Waals surface area contributed by atoms with Crippen LogP contribution in [0.15, 0.2) is 42.2 Å². The third kappa shape index (κ3) is 2.60. The van der Waals surface area contributed by atoms with Gasteiger partial charge in [0.15, 0.2) is 5.78 Å². The number of methoxy groups -OCH3 is 2. The van der Waals surface area contributed by atoms with Crippen molar-refractivity contribution in [3.8, 4) is 11.5 Å². The minimum Gasteiger partial charge on any atom is -0.497 e. The summed E-state index contributed by atoms with van der Waals surface area (Å²) in [7, 11) is 3.21. The van der Waals surface area contributed by atoms with E-state index in [1.54, 1.807) is 32.7 Å². The summed E-state index contributed by atoms with van der Waals surface area (Å²) < 4.78 is 10.5. The number of Topliss-reactive ketones (excluding diaryl/α,β-unsaturated/α-hetero) is 1. The summed E-state index contributed by atoms with van der Waals surface area (Å²) in [6.07, 6.45) is 6.82. The molecule has 0 amide bonds. The van der Waals surface area contributed by atoms with Gasteiger partial charge in [0.05, 0.1) is 14.2 Å². The highest BCUT2D eigenvalue weighted by molar-refractivity contribution is 6.13. The molecular formula is C18H17NO3. The predicted molar refractivity (Wildman–Crippen MR) is 84.4 cm³/mol. The SMILES string of the molecule is COc1ccc2c(c1)C(=O)C(=Cc1cnccc1OC)CC2. The first-order chi connectivity index (χ1) is 10.7. The largest absolute Gasteiger partial charge is 0.497 e. The van der Waals surface area contributed by atoms with Gasteiger partial charge in [0, 0.05) is 29.1 Å². The molecule has 4 heteroatoms. The Morgan fingerprint density at radius 2 is 2.00 bits per heavy atom. The van der Waals surface area contributed by atoms with Crippen LogP contribution in [0.2, 0.25) is 0 Å². The minimum absolute atomic E-state index is 0.0473. The standard InChI is InChI=1S/C18H17NO3/c1-21-15-6-5-12-3-4-13(18(20)16(12)10-15)9-14-11-19-8-7-17(14)22-2/h5-11H,3-4H2,1-2H3. The first-order valence-electron chi connectivity index (χ1n) is 7.13. The van der Waals surface area contributed by atoms with Crippen LogP contribution < -0.4 is 9.47 Å². The van der Waals surface area contributed by atoms with Crippen LogP contribution in [0, 0.1) is 0 Å². The number of ketones is 1. The maximum atomic E-state index is 12.7. The molecule has 2 aromatic rings. The molecule has 0 bridgehead atoms. The zero-order chi connectivity index (χ0) is 15.5. The second-order valence-electron chi connectivity index (χ2n) is 5.14. The molecule has 0 N–H and O–H groups in total. The van der Waals surface area contributed by atoms with Gasteiger partial charge >= 0.3 is 0 Å². The monoisotopic (exact) mass is 295 g/mol. The highest BCUT2D eigenvalue weighted by Gasteiger charge is 2.22. The van der Waals surface area contributed by atoms with Gasteiger partial charge in [0.1, 0.15) is 11.5 Å². The highest BCUT2D eigenvalue weighted by Crippen LogP contribution is 2.30. The molecule has 1 aromatic carbocycles. The van der Waals surface area contributed by atoms with Crippen molar-refractivity contribution >= 4 is 11.9 Å². The van der Waals surface area contributed by atoms with E-state index < -0.39 is 0 Å². The van der Waals surface area contributed by atoms with Crippen molar-refractivity contribution in [1.29, 1.82) is 0 Å². The van der Waals surface area contributed by atoms with E-state index in [0.717, 1.165) is 35.1 Å². The van der Waals surface area contributed by atoms with Gasteiger partial charge < -0.3 is 9.47 Å². The van der Waals surface area contributed by atoms with Crippen LogP contribution in [-0.2, 0) is 6.42 Å². The highest BCUT2D eigenvalue weighted by atomic mass is 16.5. The molecule has 0 atom stereocenters. The molecule has 0 spiro atoms. The quantitative estimate of drug-likeness (QED) is 0.815. The molecule has 22 heavy (non-hydrogen) atoms. The fourth-order valence-corrected chi connectivity index (χ4v) is 2.68. The molecule has 0 unspecified atom stereocenters. The van der Waals surface area contributed by atoms with Gasteiger partial charge in [-0.05, 0) is 42.7 Å². The van der Waals surface area contributed by atoms with E-state index in [0.29, 0.717) is 11.5 Å². The van der Waals surface area contributed by atoms with Crippen molar-refractivity contribution in [1.82, 2.24) is 4.98 Å². The lowest BCUT2D eigenvalue weighted by atomic mass is 9.86. The van der Waals surface area contributed by atoms with Crippen molar-refractivity contribution in [2.75, 3.05) is 14.2 Å². The zero-order valence-electron chi connectivity index (χ0n) is 12.6. The Balaban J connectivity index is 2.00. The number of aromatic nitrogens is 1. The Morgan fingerprint density at radius 3 is 2.77 bits per heavy atom. The van der Waals surface area contributed by atoms with Crippen molar-refractivity contribution in [2.24, 2.45) is 0 Å². The first kappa shape index (κ1) is 14.3. The summed E-state index contributed by atoms with van der Waals surface area (Å²) >= 11 is 0. The molecule has 1 aliphatic carbocycles. The lowest BCUT2D eigenvalue weighted by Gasteiger charge is -2.18. The third-order valence-electron chi connectivity index (χ3n) is 3.88. The Morgan fingerprint density at radius 1 is 1.14 bits per heavy atom. The number of fused-ring (bicyclic) bond motifs is 1. The molecule has 3 rings (SSSR count). The Labute approximate surface area is 129 Å². The van der Waals surface area contributed by atoms with E-state index in [9.17, 15) is 4.79 Å². The lowest BCUT2D eigenvalue weighted by Crippen LogP contribution is -2.14. The number of nitrogens with zero attached hydrogens (tertiary/aromatic N) is 1. The summed E-state index contributed by atoms with van der Waals surface area (Å²) in [5.41, 5.74) is 3.38. The van der Waals surface area contributed by atoms with E-state index in [-0.39, 0.29) is 5.78 Å². The van der Waals surface area contributed by atoms with E-state index in [4.69, 9.17) is 9.47 Å². The molecule has 0 saturated heterocycles. The van der Waals surface area contributed by atoms with Crippen LogP contribution >= 0.6 is 0 Å². The molecule has 0 fully saturated rings. The van der Waals surface area contributed by atoms with Crippen LogP contribution in [0.3, 0.4) is 0 Å². The minimum atomic E-state index is 0.0473. The number of aryl methyl sites for hydroxylation is 1. The van der Waals surface area contributed by atoms with Gasteiger partial charge in [-0.2, -0.15) is 0 Å². The summed E-state index contributed by atoms with van der Waals surface area (Å²) in [4.78, 5) is 16.8. The maximum Gasteiger partial charge on any atom is 0.189 e. The second kappa shape index (κ2) is 6.02. The molecule has 0 aliphatic heterocycles. The number of carbonyl (C=O) groups excluding carboxylic acids is 1. The predicted octanol–water partition coefficient (Wildman–Crippen LogP) is 3.31. The topological polar surface area (TPSA) is 48.4 Å². The van der Waals surface area contributed by atoms with Crippen LogP contribution in [0.25, 0.3) is 6.08 Å². The molecule has 4 nitrogen and oxygen atoms in total. The molecule has 1 aromatic heterocycles. The second-order valence-corrected chi connectivity index (χ2v) is 5.14. The summed E-state index contributed by atoms with van der Waals surface area (Å²) in [6, 6.07) is 7.46. The zero-order valence-corrected chi connectivity index (χ0v) is 12.6. The van der Waals surface area contributed by atoms with Gasteiger partial charge in [0.2, 0.25) is 0 Å². The van der Waals surface area contributed by atoms with Gasteiger partial charge in [-0.25, -0.2) is 0 Å². The summed E-state index contributed by atoms with van der Waals surface area (Å²) in [6.45, 7) is 0. The molecule has 0 saturated carbocycles. The Kier molecular flexibility index (Phi) is 3.92. The number of rotatable bonds is 3. The van der Waals surface area contributed by atoms with E-state index in [2.05, 4.69) is 4.98 Å². The normalized spacial score (nSPS) is 15.5. The molecular weight excluding hydrogens is 278 g/mol. The van der Waals surface area contributed by atoms with Gasteiger partial charge in [-0.15, -0.1) is 0 Å². The van der Waals surface area contributed by atoms with Crippen LogP contribution in [0.1, 0.15) is 27.9 Å². The number of hydrogen-bond donors (Lipinski definition) is 0. The van der Waals surface area contributed by atoms with Gasteiger partial charge in [-0.1, -0.05) is 6.07 Å². The van der Waals surface area contributed by atoms with Crippen molar-refractivity contribution in [3.63, 3.8) is 0 Å². The molecule has 112 valence electrons. The summed E-state index contributed by atoms with van der Waals surface area (Å²) in [5, 5.41) is 0. The van der Waals surface area contributed by atoms with Crippen molar-refractivity contribution in [2.45, 2.75) is 12.8 Å². The number of carbonyl (C=O) groups is 1. The van der Waals surface area contributed by atoms with Gasteiger partial charge in [0.25, 0.3) is 0 Å². The Bertz CT molecular complexity index is 750. The van der Waals surface area contributed by atoms with Crippen molar-refractivity contribution < 1.29 is 14.3 Å². The van der Waals surface area contributed by atoms with Crippen LogP contribution in [-0.4, -0.2) is 25.0 Å². The number of hydrogen-bond acceptors (Lipinski definition) is 4. The molecule has 1 heterocycles. The first-order valence-corrected chi connectivity index (χ1v) is 7.13. The summed E-state index contributed by atoms with van der Waals surface area (Å²) in [5.74, 6) is 1.46. The van der Waals surface area contributed by atoms with Crippen LogP contribution in [0.4, 0.5) is 0 Å². The maximum absolute atomic E-state index is 12.7. The van der Waals surface area contributed by atoms with Crippen molar-refractivity contribution in [3.05, 3.63) is 58.9 Å². The van der Waals surface area contributed by atoms with Gasteiger partial charge in [-0.3, -0.25) is 9.78 Å². The van der Waals surface area contributed by atoms with E-state index in [1.165, 1.54) is 0 Å². The molecule has 0 radical (unpaired) electrons. The molecule has 1 aliphatic rings. The average molecular weight is 295 g/mol. The number of pyridine rings is 1. The number of benzene rings is 1. The average Bonchev–Trinajstić information content (AvgIpc) is 2.57. The fraction of sp³-hybridized carbons (Fsp3) is 0.222. The van der Waals surface area contributed by atoms with E-state index >= 15 is 0 Å². The smallest absolute Gasteiger partial charge is 0.189 e. The lowest BCUT2D eigenvalue weighted by molar-refractivity contribution is 0.102. The third-order valence-corrected chi connectivity index (χ3v) is 3.88. The van der Waals surface area contributed by atoms with Crippen LogP contribution in [0.5, 0.6) is 11.5 Å². The number of ether oxygens (including phenoxy) is 2. The number of allylic oxidation sites excluding steroid dienone is 1. The van der Waals surface area contributed by atoms with E-state index in [1.807, 2.05) is 24.3 Å². The Hall–Kier alpha value is -2.62.